The maximum absolute atomic E-state index is 13.1. The zero-order valence-electron chi connectivity index (χ0n) is 13.8. The van der Waals surface area contributed by atoms with E-state index < -0.39 is 27.5 Å². The lowest BCUT2D eigenvalue weighted by molar-refractivity contribution is -0.138. The number of carbonyl (C=O) groups is 1. The first-order chi connectivity index (χ1) is 11.9. The number of hydrogen-bond acceptors (Lipinski definition) is 3. The first-order valence-electron chi connectivity index (χ1n) is 7.31. The van der Waals surface area contributed by atoms with Crippen molar-refractivity contribution in [3.05, 3.63) is 64.2 Å². The van der Waals surface area contributed by atoms with Crippen molar-refractivity contribution in [1.82, 2.24) is 4.90 Å². The summed E-state index contributed by atoms with van der Waals surface area (Å²) < 4.78 is 62.5. The van der Waals surface area contributed by atoms with Gasteiger partial charge in [-0.3, -0.25) is 4.79 Å². The molecule has 2 rings (SSSR count). The Kier molecular flexibility index (Phi) is 5.67. The quantitative estimate of drug-likeness (QED) is 0.771. The smallest absolute Gasteiger partial charge is 0.337 e. The highest BCUT2D eigenvalue weighted by molar-refractivity contribution is 7.90. The van der Waals surface area contributed by atoms with Gasteiger partial charge in [0.15, 0.2) is 9.84 Å². The Morgan fingerprint density at radius 2 is 1.77 bits per heavy atom. The highest BCUT2D eigenvalue weighted by Gasteiger charge is 2.33. The van der Waals surface area contributed by atoms with Gasteiger partial charge in [0.2, 0.25) is 0 Å². The summed E-state index contributed by atoms with van der Waals surface area (Å²) in [6.07, 6.45) is -3.57. The average Bonchev–Trinajstić information content (AvgIpc) is 2.53. The molecule has 0 spiro atoms. The second kappa shape index (κ2) is 7.28. The SMILES string of the molecule is CN(Cc1ccccc1C(F)(F)F)C(=O)c1cc(S(C)(=O)=O)ccc1Cl. The number of hydrogen-bond donors (Lipinski definition) is 0. The highest BCUT2D eigenvalue weighted by Crippen LogP contribution is 2.32. The number of alkyl halides is 3. The molecule has 0 unspecified atom stereocenters. The van der Waals surface area contributed by atoms with Crippen molar-refractivity contribution in [3.63, 3.8) is 0 Å². The monoisotopic (exact) mass is 405 g/mol. The number of nitrogens with zero attached hydrogens (tertiary/aromatic N) is 1. The molecule has 0 aliphatic carbocycles. The normalized spacial score (nSPS) is 12.1. The van der Waals surface area contributed by atoms with E-state index >= 15 is 0 Å². The summed E-state index contributed by atoms with van der Waals surface area (Å²) in [7, 11) is -2.25. The lowest BCUT2D eigenvalue weighted by atomic mass is 10.1. The van der Waals surface area contributed by atoms with Crippen molar-refractivity contribution >= 4 is 27.3 Å². The molecule has 4 nitrogen and oxygen atoms in total. The first-order valence-corrected chi connectivity index (χ1v) is 9.58. The predicted octanol–water partition coefficient (Wildman–Crippen LogP) is 4.03. The fourth-order valence-corrected chi connectivity index (χ4v) is 3.21. The molecule has 0 bridgehead atoms. The van der Waals surface area contributed by atoms with Gasteiger partial charge in [0.1, 0.15) is 0 Å². The fourth-order valence-electron chi connectivity index (χ4n) is 2.37. The first kappa shape index (κ1) is 20.3. The largest absolute Gasteiger partial charge is 0.416 e. The third-order valence-corrected chi connectivity index (χ3v) is 5.11. The molecular weight excluding hydrogens is 391 g/mol. The summed E-state index contributed by atoms with van der Waals surface area (Å²) in [6, 6.07) is 8.56. The zero-order valence-corrected chi connectivity index (χ0v) is 15.4. The van der Waals surface area contributed by atoms with Crippen LogP contribution in [0, 0.1) is 0 Å². The minimum absolute atomic E-state index is 0.0124. The van der Waals surface area contributed by atoms with Crippen LogP contribution in [-0.2, 0) is 22.6 Å². The number of amides is 1. The van der Waals surface area contributed by atoms with Gasteiger partial charge in [-0.05, 0) is 29.8 Å². The number of rotatable bonds is 4. The van der Waals surface area contributed by atoms with E-state index in [4.69, 9.17) is 11.6 Å². The van der Waals surface area contributed by atoms with Gasteiger partial charge in [-0.15, -0.1) is 0 Å². The fraction of sp³-hybridized carbons (Fsp3) is 0.235. The number of carbonyl (C=O) groups excluding carboxylic acids is 1. The molecule has 0 aliphatic rings. The van der Waals surface area contributed by atoms with Crippen LogP contribution in [0.4, 0.5) is 13.2 Å². The third kappa shape index (κ3) is 4.56. The van der Waals surface area contributed by atoms with Gasteiger partial charge in [0.05, 0.1) is 21.0 Å². The topological polar surface area (TPSA) is 54.5 Å². The predicted molar refractivity (Wildman–Crippen MR) is 91.8 cm³/mol. The molecular formula is C17H15ClF3NO3S. The van der Waals surface area contributed by atoms with Crippen molar-refractivity contribution in [2.75, 3.05) is 13.3 Å². The van der Waals surface area contributed by atoms with Gasteiger partial charge in [-0.25, -0.2) is 8.42 Å². The molecule has 0 radical (unpaired) electrons. The van der Waals surface area contributed by atoms with Gasteiger partial charge in [0, 0.05) is 19.8 Å². The van der Waals surface area contributed by atoms with Gasteiger partial charge >= 0.3 is 6.18 Å². The Balaban J connectivity index is 2.35. The van der Waals surface area contributed by atoms with Crippen LogP contribution in [0.5, 0.6) is 0 Å². The molecule has 140 valence electrons. The zero-order chi connectivity index (χ0) is 19.7. The van der Waals surface area contributed by atoms with Crippen molar-refractivity contribution in [2.24, 2.45) is 0 Å². The van der Waals surface area contributed by atoms with Crippen LogP contribution in [0.2, 0.25) is 5.02 Å². The Hall–Kier alpha value is -2.06. The van der Waals surface area contributed by atoms with Crippen LogP contribution in [0.1, 0.15) is 21.5 Å². The van der Waals surface area contributed by atoms with E-state index in [0.29, 0.717) is 0 Å². The summed E-state index contributed by atoms with van der Waals surface area (Å²) in [5.41, 5.74) is -1.01. The number of sulfone groups is 1. The molecule has 0 fully saturated rings. The van der Waals surface area contributed by atoms with Crippen LogP contribution in [0.25, 0.3) is 0 Å². The molecule has 1 amide bonds. The summed E-state index contributed by atoms with van der Waals surface area (Å²) >= 11 is 5.97. The van der Waals surface area contributed by atoms with Gasteiger partial charge in [-0.1, -0.05) is 29.8 Å². The summed E-state index contributed by atoms with van der Waals surface area (Å²) in [5, 5.41) is 0.0124. The van der Waals surface area contributed by atoms with Crippen LogP contribution < -0.4 is 0 Å². The molecule has 0 aliphatic heterocycles. The molecule has 9 heteroatoms. The van der Waals surface area contributed by atoms with Crippen LogP contribution in [0.3, 0.4) is 0 Å². The standard InChI is InChI=1S/C17H15ClF3NO3S/c1-22(10-11-5-3-4-6-14(11)17(19,20)21)16(23)13-9-12(26(2,24)25)7-8-15(13)18/h3-9H,10H2,1-2H3. The van der Waals surface area contributed by atoms with Crippen molar-refractivity contribution in [1.29, 1.82) is 0 Å². The summed E-state index contributed by atoms with van der Waals surface area (Å²) in [6.45, 7) is -0.312. The van der Waals surface area contributed by atoms with Crippen molar-refractivity contribution in [2.45, 2.75) is 17.6 Å². The Labute approximate surface area is 154 Å². The van der Waals surface area contributed by atoms with Gasteiger partial charge in [-0.2, -0.15) is 13.2 Å². The molecule has 26 heavy (non-hydrogen) atoms. The minimum Gasteiger partial charge on any atom is -0.337 e. The van der Waals surface area contributed by atoms with Gasteiger partial charge < -0.3 is 4.90 Å². The van der Waals surface area contributed by atoms with Crippen molar-refractivity contribution < 1.29 is 26.4 Å². The van der Waals surface area contributed by atoms with Crippen LogP contribution in [0.15, 0.2) is 47.4 Å². The molecule has 0 aromatic heterocycles. The molecule has 0 saturated carbocycles. The Morgan fingerprint density at radius 3 is 2.35 bits per heavy atom. The Morgan fingerprint density at radius 1 is 1.15 bits per heavy atom. The second-order valence-electron chi connectivity index (χ2n) is 5.73. The lowest BCUT2D eigenvalue weighted by Gasteiger charge is -2.21. The van der Waals surface area contributed by atoms with E-state index in [-0.39, 0.29) is 27.6 Å². The molecule has 0 heterocycles. The molecule has 2 aromatic rings. The molecule has 0 saturated heterocycles. The van der Waals surface area contributed by atoms with E-state index in [1.807, 2.05) is 0 Å². The summed E-state index contributed by atoms with van der Waals surface area (Å²) in [5.74, 6) is -0.683. The third-order valence-electron chi connectivity index (χ3n) is 3.67. The highest BCUT2D eigenvalue weighted by atomic mass is 35.5. The average molecular weight is 406 g/mol. The van der Waals surface area contributed by atoms with Crippen molar-refractivity contribution in [3.8, 4) is 0 Å². The summed E-state index contributed by atoms with van der Waals surface area (Å²) in [4.78, 5) is 13.5. The second-order valence-corrected chi connectivity index (χ2v) is 8.15. The number of halogens is 4. The molecule has 2 aromatic carbocycles. The van der Waals surface area contributed by atoms with E-state index in [9.17, 15) is 26.4 Å². The molecule has 0 N–H and O–H groups in total. The van der Waals surface area contributed by atoms with E-state index in [2.05, 4.69) is 0 Å². The van der Waals surface area contributed by atoms with Crippen LogP contribution >= 0.6 is 11.6 Å². The van der Waals surface area contributed by atoms with Gasteiger partial charge in [0.25, 0.3) is 5.91 Å². The maximum Gasteiger partial charge on any atom is 0.416 e. The van der Waals surface area contributed by atoms with Crippen LogP contribution in [-0.4, -0.2) is 32.5 Å². The minimum atomic E-state index is -4.55. The lowest BCUT2D eigenvalue weighted by Crippen LogP contribution is -2.28. The van der Waals surface area contributed by atoms with E-state index in [1.54, 1.807) is 0 Å². The maximum atomic E-state index is 13.1. The van der Waals surface area contributed by atoms with E-state index in [0.717, 1.165) is 23.3 Å². The van der Waals surface area contributed by atoms with E-state index in [1.165, 1.54) is 37.4 Å². The molecule has 0 atom stereocenters. The number of benzene rings is 2. The Bertz CT molecular complexity index is 943.